The largest absolute Gasteiger partial charge is 0.309 e. The van der Waals surface area contributed by atoms with Crippen LogP contribution in [0, 0.1) is 11.6 Å². The lowest BCUT2D eigenvalue weighted by molar-refractivity contribution is 0.128. The van der Waals surface area contributed by atoms with Crippen molar-refractivity contribution in [3.63, 3.8) is 0 Å². The average molecular weight is 266 g/mol. The summed E-state index contributed by atoms with van der Waals surface area (Å²) in [7, 11) is 0. The van der Waals surface area contributed by atoms with Gasteiger partial charge >= 0.3 is 0 Å². The zero-order chi connectivity index (χ0) is 13.3. The molecule has 3 rings (SSSR count). The first-order valence-electron chi connectivity index (χ1n) is 7.08. The van der Waals surface area contributed by atoms with E-state index in [0.29, 0.717) is 6.54 Å². The Morgan fingerprint density at radius 3 is 2.47 bits per heavy atom. The molecule has 1 saturated heterocycles. The van der Waals surface area contributed by atoms with Gasteiger partial charge in [0.25, 0.3) is 0 Å². The molecule has 2 nitrogen and oxygen atoms in total. The molecule has 4 heteroatoms. The number of benzene rings is 1. The van der Waals surface area contributed by atoms with Gasteiger partial charge in [0.1, 0.15) is 11.6 Å². The van der Waals surface area contributed by atoms with Crippen LogP contribution in [0.15, 0.2) is 18.2 Å². The van der Waals surface area contributed by atoms with Crippen LogP contribution in [0.5, 0.6) is 0 Å². The maximum Gasteiger partial charge on any atom is 0.126 e. The molecule has 104 valence electrons. The lowest BCUT2D eigenvalue weighted by Gasteiger charge is -2.41. The van der Waals surface area contributed by atoms with Crippen LogP contribution in [0.4, 0.5) is 8.78 Å². The Morgan fingerprint density at radius 1 is 1.11 bits per heavy atom. The first-order valence-corrected chi connectivity index (χ1v) is 7.08. The van der Waals surface area contributed by atoms with E-state index >= 15 is 0 Å². The summed E-state index contributed by atoms with van der Waals surface area (Å²) in [4.78, 5) is 2.32. The predicted molar refractivity (Wildman–Crippen MR) is 70.8 cm³/mol. The van der Waals surface area contributed by atoms with Gasteiger partial charge in [0.2, 0.25) is 0 Å². The number of hydrogen-bond donors (Lipinski definition) is 1. The summed E-state index contributed by atoms with van der Waals surface area (Å²) in [5, 5.41) is 3.64. The van der Waals surface area contributed by atoms with E-state index in [-0.39, 0.29) is 5.54 Å². The highest BCUT2D eigenvalue weighted by Gasteiger charge is 2.37. The second-order valence-electron chi connectivity index (χ2n) is 5.90. The number of piperazine rings is 1. The van der Waals surface area contributed by atoms with Crippen molar-refractivity contribution in [1.29, 1.82) is 0 Å². The first-order chi connectivity index (χ1) is 9.15. The summed E-state index contributed by atoms with van der Waals surface area (Å²) >= 11 is 0. The highest BCUT2D eigenvalue weighted by molar-refractivity contribution is 5.18. The molecule has 0 atom stereocenters. The van der Waals surface area contributed by atoms with E-state index in [0.717, 1.165) is 31.3 Å². The Bertz CT molecular complexity index is 435. The third-order valence-electron chi connectivity index (χ3n) is 4.34. The molecule has 1 saturated carbocycles. The minimum absolute atomic E-state index is 0.254. The second-order valence-corrected chi connectivity index (χ2v) is 5.90. The van der Waals surface area contributed by atoms with Crippen molar-refractivity contribution in [2.24, 2.45) is 0 Å². The zero-order valence-electron chi connectivity index (χ0n) is 11.1. The van der Waals surface area contributed by atoms with E-state index in [1.54, 1.807) is 0 Å². The van der Waals surface area contributed by atoms with Gasteiger partial charge in [-0.1, -0.05) is 12.8 Å². The van der Waals surface area contributed by atoms with Crippen molar-refractivity contribution in [3.8, 4) is 0 Å². The fraction of sp³-hybridized carbons (Fsp3) is 0.600. The Hall–Kier alpha value is -1.00. The summed E-state index contributed by atoms with van der Waals surface area (Å²) in [6.07, 6.45) is 5.02. The average Bonchev–Trinajstić information content (AvgIpc) is 2.76. The molecule has 0 unspecified atom stereocenters. The van der Waals surface area contributed by atoms with Crippen molar-refractivity contribution >= 4 is 0 Å². The number of rotatable bonds is 2. The van der Waals surface area contributed by atoms with Crippen LogP contribution in [0.1, 0.15) is 31.2 Å². The molecule has 1 N–H and O–H groups in total. The molecule has 0 aromatic heterocycles. The van der Waals surface area contributed by atoms with Crippen molar-refractivity contribution < 1.29 is 8.78 Å². The monoisotopic (exact) mass is 266 g/mol. The van der Waals surface area contributed by atoms with Gasteiger partial charge in [-0.25, -0.2) is 8.78 Å². The highest BCUT2D eigenvalue weighted by atomic mass is 19.1. The molecule has 0 amide bonds. The molecular formula is C15H20F2N2. The molecule has 19 heavy (non-hydrogen) atoms. The van der Waals surface area contributed by atoms with E-state index in [4.69, 9.17) is 0 Å². The van der Waals surface area contributed by atoms with E-state index in [1.807, 2.05) is 0 Å². The highest BCUT2D eigenvalue weighted by Crippen LogP contribution is 2.32. The van der Waals surface area contributed by atoms with Gasteiger partial charge in [-0.2, -0.15) is 0 Å². The van der Waals surface area contributed by atoms with Gasteiger partial charge in [0.05, 0.1) is 0 Å². The summed E-state index contributed by atoms with van der Waals surface area (Å²) in [6, 6.07) is 3.80. The number of nitrogens with zero attached hydrogens (tertiary/aromatic N) is 1. The van der Waals surface area contributed by atoms with Crippen molar-refractivity contribution in [2.75, 3.05) is 19.6 Å². The van der Waals surface area contributed by atoms with Gasteiger partial charge in [-0.15, -0.1) is 0 Å². The van der Waals surface area contributed by atoms with E-state index < -0.39 is 11.6 Å². The van der Waals surface area contributed by atoms with Crippen LogP contribution >= 0.6 is 0 Å². The van der Waals surface area contributed by atoms with Gasteiger partial charge in [-0.3, -0.25) is 4.90 Å². The molecule has 0 radical (unpaired) electrons. The van der Waals surface area contributed by atoms with Crippen molar-refractivity contribution in [2.45, 2.75) is 37.8 Å². The normalized spacial score (nSPS) is 23.1. The quantitative estimate of drug-likeness (QED) is 0.885. The molecule has 1 aliphatic carbocycles. The Morgan fingerprint density at radius 2 is 1.79 bits per heavy atom. The minimum Gasteiger partial charge on any atom is -0.309 e. The third kappa shape index (κ3) is 2.95. The molecule has 1 heterocycles. The number of nitrogens with one attached hydrogen (secondary N) is 1. The Labute approximate surface area is 112 Å². The van der Waals surface area contributed by atoms with E-state index in [2.05, 4.69) is 10.2 Å². The summed E-state index contributed by atoms with van der Waals surface area (Å²) < 4.78 is 26.4. The maximum absolute atomic E-state index is 13.2. The molecule has 0 bridgehead atoms. The van der Waals surface area contributed by atoms with Crippen LogP contribution in [0.2, 0.25) is 0 Å². The molecule has 1 aromatic carbocycles. The zero-order valence-corrected chi connectivity index (χ0v) is 11.1. The van der Waals surface area contributed by atoms with Gasteiger partial charge in [0.15, 0.2) is 0 Å². The maximum atomic E-state index is 13.2. The fourth-order valence-corrected chi connectivity index (χ4v) is 3.52. The van der Waals surface area contributed by atoms with E-state index in [1.165, 1.54) is 37.8 Å². The number of halogens is 2. The van der Waals surface area contributed by atoms with Crippen LogP contribution in [-0.4, -0.2) is 30.1 Å². The van der Waals surface area contributed by atoms with Crippen LogP contribution in [0.3, 0.4) is 0 Å². The Balaban J connectivity index is 1.69. The molecule has 2 fully saturated rings. The van der Waals surface area contributed by atoms with Crippen molar-refractivity contribution in [1.82, 2.24) is 10.2 Å². The summed E-state index contributed by atoms with van der Waals surface area (Å²) in [5.41, 5.74) is 0.983. The van der Waals surface area contributed by atoms with Crippen LogP contribution in [-0.2, 0) is 6.54 Å². The SMILES string of the molecule is Fc1cc(F)cc(CN2CCNC3(CCCC3)C2)c1. The second kappa shape index (κ2) is 5.17. The van der Waals surface area contributed by atoms with Gasteiger partial charge in [0, 0.05) is 37.8 Å². The first kappa shape index (κ1) is 13.0. The third-order valence-corrected chi connectivity index (χ3v) is 4.34. The molecule has 1 spiro atoms. The van der Waals surface area contributed by atoms with E-state index in [9.17, 15) is 8.78 Å². The smallest absolute Gasteiger partial charge is 0.126 e. The lowest BCUT2D eigenvalue weighted by Crippen LogP contribution is -2.58. The molecule has 2 aliphatic rings. The minimum atomic E-state index is -0.485. The number of hydrogen-bond acceptors (Lipinski definition) is 2. The van der Waals surface area contributed by atoms with Crippen LogP contribution in [0.25, 0.3) is 0 Å². The predicted octanol–water partition coefficient (Wildman–Crippen LogP) is 2.68. The topological polar surface area (TPSA) is 15.3 Å². The summed E-state index contributed by atoms with van der Waals surface area (Å²) in [6.45, 7) is 3.54. The molecule has 1 aromatic rings. The molecular weight excluding hydrogens is 246 g/mol. The lowest BCUT2D eigenvalue weighted by atomic mass is 9.94. The van der Waals surface area contributed by atoms with Gasteiger partial charge in [-0.05, 0) is 30.5 Å². The summed E-state index contributed by atoms with van der Waals surface area (Å²) in [5.74, 6) is -0.971. The standard InChI is InChI=1S/C15H20F2N2/c16-13-7-12(8-14(17)9-13)10-19-6-5-18-15(11-19)3-1-2-4-15/h7-9,18H,1-6,10-11H2. The van der Waals surface area contributed by atoms with Crippen molar-refractivity contribution in [3.05, 3.63) is 35.4 Å². The van der Waals surface area contributed by atoms with Gasteiger partial charge < -0.3 is 5.32 Å². The van der Waals surface area contributed by atoms with Crippen LogP contribution < -0.4 is 5.32 Å². The Kier molecular flexibility index (Phi) is 3.54. The fourth-order valence-electron chi connectivity index (χ4n) is 3.52. The molecule has 1 aliphatic heterocycles.